The predicted molar refractivity (Wildman–Crippen MR) is 148 cm³/mol. The van der Waals surface area contributed by atoms with Crippen LogP contribution in [0.15, 0.2) is 30.6 Å². The Morgan fingerprint density at radius 2 is 1.95 bits per heavy atom. The van der Waals surface area contributed by atoms with Crippen molar-refractivity contribution >= 4 is 34.4 Å². The van der Waals surface area contributed by atoms with E-state index in [0.29, 0.717) is 60.8 Å². The lowest BCUT2D eigenvalue weighted by Gasteiger charge is -2.39. The van der Waals surface area contributed by atoms with Crippen molar-refractivity contribution in [2.75, 3.05) is 45.6 Å². The Balaban J connectivity index is 1.39. The molecule has 206 valence electrons. The van der Waals surface area contributed by atoms with Gasteiger partial charge in [-0.15, -0.1) is 0 Å². The van der Waals surface area contributed by atoms with Crippen LogP contribution in [-0.4, -0.2) is 94.2 Å². The first kappa shape index (κ1) is 26.6. The summed E-state index contributed by atoms with van der Waals surface area (Å²) >= 11 is 0. The molecule has 39 heavy (non-hydrogen) atoms. The van der Waals surface area contributed by atoms with Crippen LogP contribution in [0.4, 0.5) is 19.7 Å². The van der Waals surface area contributed by atoms with Crippen molar-refractivity contribution < 1.29 is 18.7 Å². The zero-order valence-electron chi connectivity index (χ0n) is 22.9. The summed E-state index contributed by atoms with van der Waals surface area (Å²) < 4.78 is 20.5. The van der Waals surface area contributed by atoms with Gasteiger partial charge in [0.1, 0.15) is 17.8 Å². The van der Waals surface area contributed by atoms with Gasteiger partial charge in [-0.2, -0.15) is 0 Å². The number of H-pyrrole nitrogens is 1. The van der Waals surface area contributed by atoms with Crippen LogP contribution in [-0.2, 0) is 4.74 Å². The van der Waals surface area contributed by atoms with E-state index in [4.69, 9.17) is 4.74 Å². The maximum atomic E-state index is 14.8. The van der Waals surface area contributed by atoms with Gasteiger partial charge in [0.05, 0.1) is 31.0 Å². The molecule has 4 heterocycles. The normalized spacial score (nSPS) is 15.9. The average Bonchev–Trinajstić information content (AvgIpc) is 3.32. The Morgan fingerprint density at radius 1 is 1.18 bits per heavy atom. The molecule has 2 aliphatic rings. The number of rotatable bonds is 5. The molecule has 1 aromatic carbocycles. The Labute approximate surface area is 226 Å². The lowest BCUT2D eigenvalue weighted by Crippen LogP contribution is -2.56. The van der Waals surface area contributed by atoms with Crippen molar-refractivity contribution in [3.8, 4) is 11.3 Å². The van der Waals surface area contributed by atoms with Crippen LogP contribution in [0.2, 0.25) is 0 Å². The summed E-state index contributed by atoms with van der Waals surface area (Å²) in [6.07, 6.45) is 4.30. The second-order valence-electron chi connectivity index (χ2n) is 10.5. The standard InChI is InChI=1S/C28H34FN7O3/c1-16(2)39-20-13-36(14-20)27(37)33-23-11-19(29)10-21(17(23)3)25-22-12-24(32-26(22)31-15-30-25)18-6-8-35(9-7-18)28(38)34(4)5/h6,10-12,15-16,20H,7-9,13-14H2,1-5H3,(H,33,37)(H,30,31,32). The molecule has 0 spiro atoms. The molecule has 3 aromatic rings. The largest absolute Gasteiger partial charge is 0.372 e. The lowest BCUT2D eigenvalue weighted by atomic mass is 10.00. The summed E-state index contributed by atoms with van der Waals surface area (Å²) in [6, 6.07) is 4.42. The topological polar surface area (TPSA) is 107 Å². The lowest BCUT2D eigenvalue weighted by molar-refractivity contribution is -0.0624. The molecule has 0 bridgehead atoms. The van der Waals surface area contributed by atoms with E-state index in [-0.39, 0.29) is 24.3 Å². The Kier molecular flexibility index (Phi) is 7.26. The molecule has 5 rings (SSSR count). The van der Waals surface area contributed by atoms with E-state index >= 15 is 0 Å². The molecule has 0 aliphatic carbocycles. The van der Waals surface area contributed by atoms with Crippen LogP contribution < -0.4 is 5.32 Å². The third-order valence-electron chi connectivity index (χ3n) is 7.10. The Bertz CT molecular complexity index is 1440. The number of nitrogens with one attached hydrogen (secondary N) is 2. The van der Waals surface area contributed by atoms with E-state index in [1.54, 1.807) is 28.8 Å². The van der Waals surface area contributed by atoms with E-state index in [1.165, 1.54) is 18.5 Å². The summed E-state index contributed by atoms with van der Waals surface area (Å²) in [7, 11) is 3.49. The van der Waals surface area contributed by atoms with Crippen LogP contribution in [0.1, 0.15) is 31.5 Å². The maximum absolute atomic E-state index is 14.8. The number of aromatic nitrogens is 3. The van der Waals surface area contributed by atoms with Gasteiger partial charge < -0.3 is 29.7 Å². The molecule has 2 aromatic heterocycles. The smallest absolute Gasteiger partial charge is 0.322 e. The summed E-state index contributed by atoms with van der Waals surface area (Å²) in [5.74, 6) is -0.473. The number of halogens is 1. The van der Waals surface area contributed by atoms with Crippen LogP contribution in [0.3, 0.4) is 0 Å². The second-order valence-corrected chi connectivity index (χ2v) is 10.5. The highest BCUT2D eigenvalue weighted by Gasteiger charge is 2.32. The van der Waals surface area contributed by atoms with Gasteiger partial charge in [-0.1, -0.05) is 6.08 Å². The summed E-state index contributed by atoms with van der Waals surface area (Å²) in [4.78, 5) is 42.3. The van der Waals surface area contributed by atoms with Crippen LogP contribution in [0.25, 0.3) is 27.9 Å². The van der Waals surface area contributed by atoms with Gasteiger partial charge in [0.2, 0.25) is 0 Å². The van der Waals surface area contributed by atoms with Gasteiger partial charge in [-0.3, -0.25) is 0 Å². The molecule has 0 saturated carbocycles. The molecule has 1 saturated heterocycles. The molecule has 10 nitrogen and oxygen atoms in total. The summed E-state index contributed by atoms with van der Waals surface area (Å²) in [5.41, 5.74) is 4.86. The quantitative estimate of drug-likeness (QED) is 0.501. The highest BCUT2D eigenvalue weighted by atomic mass is 19.1. The number of likely N-dealkylation sites (tertiary alicyclic amines) is 1. The number of aromatic amines is 1. The molecule has 0 radical (unpaired) electrons. The number of hydrogen-bond acceptors (Lipinski definition) is 5. The number of carbonyl (C=O) groups excluding carboxylic acids is 2. The molecule has 4 amide bonds. The van der Waals surface area contributed by atoms with Gasteiger partial charge in [0, 0.05) is 49.5 Å². The van der Waals surface area contributed by atoms with Gasteiger partial charge in [0.25, 0.3) is 0 Å². The number of ether oxygens (including phenoxy) is 1. The third kappa shape index (κ3) is 5.44. The Hall–Kier alpha value is -3.99. The SMILES string of the molecule is Cc1c(NC(=O)N2CC(OC(C)C)C2)cc(F)cc1-c1ncnc2[nH]c(C3=CCN(C(=O)N(C)C)CC3)cc12. The molecular weight excluding hydrogens is 501 g/mol. The number of amides is 4. The fourth-order valence-electron chi connectivity index (χ4n) is 5.02. The summed E-state index contributed by atoms with van der Waals surface area (Å²) in [6.45, 7) is 7.91. The molecule has 11 heteroatoms. The molecule has 1 fully saturated rings. The minimum absolute atomic E-state index is 0.0163. The first-order valence-corrected chi connectivity index (χ1v) is 13.1. The number of anilines is 1. The average molecular weight is 536 g/mol. The fourth-order valence-corrected chi connectivity index (χ4v) is 5.02. The molecule has 2 N–H and O–H groups in total. The highest BCUT2D eigenvalue weighted by Crippen LogP contribution is 2.35. The molecular formula is C28H34FN7O3. The fraction of sp³-hybridized carbons (Fsp3) is 0.429. The monoisotopic (exact) mass is 535 g/mol. The van der Waals surface area contributed by atoms with E-state index in [9.17, 15) is 14.0 Å². The second kappa shape index (κ2) is 10.6. The van der Waals surface area contributed by atoms with Gasteiger partial charge in [-0.05, 0) is 56.5 Å². The van der Waals surface area contributed by atoms with Crippen LogP contribution in [0, 0.1) is 12.7 Å². The number of carbonyl (C=O) groups is 2. The maximum Gasteiger partial charge on any atom is 0.322 e. The number of benzene rings is 1. The van der Waals surface area contributed by atoms with E-state index in [0.717, 1.165) is 16.7 Å². The van der Waals surface area contributed by atoms with E-state index in [2.05, 4.69) is 20.3 Å². The van der Waals surface area contributed by atoms with Crippen LogP contribution in [0.5, 0.6) is 0 Å². The van der Waals surface area contributed by atoms with E-state index in [1.807, 2.05) is 32.9 Å². The molecule has 0 unspecified atom stereocenters. The van der Waals surface area contributed by atoms with Crippen molar-refractivity contribution in [2.24, 2.45) is 0 Å². The first-order chi connectivity index (χ1) is 18.6. The van der Waals surface area contributed by atoms with Crippen molar-refractivity contribution in [3.63, 3.8) is 0 Å². The van der Waals surface area contributed by atoms with Gasteiger partial charge >= 0.3 is 12.1 Å². The zero-order valence-corrected chi connectivity index (χ0v) is 22.9. The predicted octanol–water partition coefficient (Wildman–Crippen LogP) is 4.48. The van der Waals surface area contributed by atoms with Crippen molar-refractivity contribution in [3.05, 3.63) is 47.7 Å². The minimum Gasteiger partial charge on any atom is -0.372 e. The molecule has 0 atom stereocenters. The van der Waals surface area contributed by atoms with Crippen molar-refractivity contribution in [2.45, 2.75) is 39.4 Å². The van der Waals surface area contributed by atoms with Gasteiger partial charge in [-0.25, -0.2) is 23.9 Å². The van der Waals surface area contributed by atoms with E-state index < -0.39 is 5.82 Å². The Morgan fingerprint density at radius 3 is 2.62 bits per heavy atom. The van der Waals surface area contributed by atoms with Crippen molar-refractivity contribution in [1.29, 1.82) is 0 Å². The number of nitrogens with zero attached hydrogens (tertiary/aromatic N) is 5. The highest BCUT2D eigenvalue weighted by molar-refractivity contribution is 5.97. The first-order valence-electron chi connectivity index (χ1n) is 13.1. The van der Waals surface area contributed by atoms with Crippen LogP contribution >= 0.6 is 0 Å². The minimum atomic E-state index is -0.473. The number of hydrogen-bond donors (Lipinski definition) is 2. The van der Waals surface area contributed by atoms with Gasteiger partial charge in [0.15, 0.2) is 0 Å². The number of fused-ring (bicyclic) bond motifs is 1. The zero-order chi connectivity index (χ0) is 27.8. The van der Waals surface area contributed by atoms with Crippen molar-refractivity contribution in [1.82, 2.24) is 29.7 Å². The molecule has 2 aliphatic heterocycles. The number of urea groups is 2. The summed E-state index contributed by atoms with van der Waals surface area (Å²) in [5, 5.41) is 3.61. The third-order valence-corrected chi connectivity index (χ3v) is 7.10.